The van der Waals surface area contributed by atoms with Crippen molar-refractivity contribution < 1.29 is 0 Å². The highest BCUT2D eigenvalue weighted by Gasteiger charge is 2.22. The van der Waals surface area contributed by atoms with Crippen LogP contribution in [-0.2, 0) is 0 Å². The number of thioether (sulfide) groups is 1. The van der Waals surface area contributed by atoms with E-state index in [0.29, 0.717) is 6.04 Å². The Labute approximate surface area is 92.4 Å². The van der Waals surface area contributed by atoms with Gasteiger partial charge >= 0.3 is 0 Å². The van der Waals surface area contributed by atoms with Crippen molar-refractivity contribution in [2.24, 2.45) is 11.8 Å². The molecular formula is C11H24N2S. The summed E-state index contributed by atoms with van der Waals surface area (Å²) in [7, 11) is 0. The molecule has 1 fully saturated rings. The van der Waals surface area contributed by atoms with Crippen molar-refractivity contribution in [3.63, 3.8) is 0 Å². The summed E-state index contributed by atoms with van der Waals surface area (Å²) in [6, 6.07) is 0.530. The average molecular weight is 216 g/mol. The summed E-state index contributed by atoms with van der Waals surface area (Å²) < 4.78 is 0. The molecule has 1 aliphatic rings. The lowest BCUT2D eigenvalue weighted by atomic mass is 9.85. The molecule has 0 aromatic heterocycles. The summed E-state index contributed by atoms with van der Waals surface area (Å²) in [5.74, 6) is 7.61. The summed E-state index contributed by atoms with van der Waals surface area (Å²) in [5, 5.41) is 0.717. The number of nitrogens with two attached hydrogens (primary N) is 1. The molecule has 1 unspecified atom stereocenters. The molecular weight excluding hydrogens is 192 g/mol. The third kappa shape index (κ3) is 4.20. The molecule has 3 heteroatoms. The van der Waals surface area contributed by atoms with Crippen molar-refractivity contribution in [3.8, 4) is 0 Å². The predicted octanol–water partition coefficient (Wildman–Crippen LogP) is 2.54. The molecule has 84 valence electrons. The summed E-state index contributed by atoms with van der Waals surface area (Å²) in [6.07, 6.45) is 6.95. The molecule has 0 bridgehead atoms. The second kappa shape index (κ2) is 6.70. The minimum atomic E-state index is 0.530. The molecule has 0 amide bonds. The third-order valence-corrected chi connectivity index (χ3v) is 4.26. The zero-order chi connectivity index (χ0) is 10.4. The highest BCUT2D eigenvalue weighted by molar-refractivity contribution is 7.99. The SMILES string of the molecule is CC(C)SCC(NN)C1CCCCC1. The number of hydrogen-bond donors (Lipinski definition) is 2. The van der Waals surface area contributed by atoms with Crippen LogP contribution in [0.2, 0.25) is 0 Å². The first kappa shape index (κ1) is 12.3. The van der Waals surface area contributed by atoms with Crippen molar-refractivity contribution in [1.82, 2.24) is 5.43 Å². The van der Waals surface area contributed by atoms with Gasteiger partial charge in [0.15, 0.2) is 0 Å². The fourth-order valence-electron chi connectivity index (χ4n) is 2.15. The van der Waals surface area contributed by atoms with Gasteiger partial charge in [0.25, 0.3) is 0 Å². The topological polar surface area (TPSA) is 38.0 Å². The minimum Gasteiger partial charge on any atom is -0.271 e. The van der Waals surface area contributed by atoms with E-state index in [9.17, 15) is 0 Å². The van der Waals surface area contributed by atoms with E-state index in [-0.39, 0.29) is 0 Å². The van der Waals surface area contributed by atoms with Gasteiger partial charge in [-0.1, -0.05) is 33.1 Å². The van der Waals surface area contributed by atoms with Gasteiger partial charge in [-0.3, -0.25) is 11.3 Å². The molecule has 1 aliphatic carbocycles. The van der Waals surface area contributed by atoms with E-state index >= 15 is 0 Å². The number of hydrazine groups is 1. The Balaban J connectivity index is 2.28. The van der Waals surface area contributed by atoms with Crippen LogP contribution in [0.15, 0.2) is 0 Å². The molecule has 0 aromatic rings. The quantitative estimate of drug-likeness (QED) is 0.548. The van der Waals surface area contributed by atoms with Gasteiger partial charge in [0.05, 0.1) is 0 Å². The highest BCUT2D eigenvalue weighted by atomic mass is 32.2. The van der Waals surface area contributed by atoms with Crippen molar-refractivity contribution in [2.45, 2.75) is 57.2 Å². The monoisotopic (exact) mass is 216 g/mol. The van der Waals surface area contributed by atoms with E-state index < -0.39 is 0 Å². The standard InChI is InChI=1S/C11H24N2S/c1-9(2)14-8-11(13-12)10-6-4-3-5-7-10/h9-11,13H,3-8,12H2,1-2H3. The van der Waals surface area contributed by atoms with Gasteiger partial charge in [-0.05, 0) is 24.0 Å². The van der Waals surface area contributed by atoms with Crippen molar-refractivity contribution in [1.29, 1.82) is 0 Å². The molecule has 0 saturated heterocycles. The molecule has 14 heavy (non-hydrogen) atoms. The van der Waals surface area contributed by atoms with E-state index in [2.05, 4.69) is 19.3 Å². The van der Waals surface area contributed by atoms with Crippen LogP contribution in [0.1, 0.15) is 46.0 Å². The van der Waals surface area contributed by atoms with E-state index in [0.717, 1.165) is 11.2 Å². The van der Waals surface area contributed by atoms with E-state index in [4.69, 9.17) is 5.84 Å². The Morgan fingerprint density at radius 2 is 1.93 bits per heavy atom. The average Bonchev–Trinajstić information content (AvgIpc) is 2.20. The number of rotatable bonds is 5. The van der Waals surface area contributed by atoms with Crippen LogP contribution < -0.4 is 11.3 Å². The van der Waals surface area contributed by atoms with Crippen LogP contribution in [0, 0.1) is 5.92 Å². The van der Waals surface area contributed by atoms with Crippen LogP contribution in [0.5, 0.6) is 0 Å². The second-order valence-electron chi connectivity index (χ2n) is 4.55. The Bertz CT molecular complexity index is 144. The van der Waals surface area contributed by atoms with Crippen LogP contribution in [0.4, 0.5) is 0 Å². The molecule has 3 N–H and O–H groups in total. The van der Waals surface area contributed by atoms with Crippen LogP contribution in [0.3, 0.4) is 0 Å². The van der Waals surface area contributed by atoms with Crippen molar-refractivity contribution >= 4 is 11.8 Å². The fraction of sp³-hybridized carbons (Fsp3) is 1.00. The van der Waals surface area contributed by atoms with E-state index in [1.807, 2.05) is 11.8 Å². The van der Waals surface area contributed by atoms with Crippen molar-refractivity contribution in [3.05, 3.63) is 0 Å². The summed E-state index contributed by atoms with van der Waals surface area (Å²) in [5.41, 5.74) is 3.01. The van der Waals surface area contributed by atoms with Crippen LogP contribution >= 0.6 is 11.8 Å². The molecule has 1 rings (SSSR count). The predicted molar refractivity (Wildman–Crippen MR) is 65.3 cm³/mol. The molecule has 0 heterocycles. The first-order valence-electron chi connectivity index (χ1n) is 5.81. The normalized spacial score (nSPS) is 21.4. The molecule has 1 atom stereocenters. The van der Waals surface area contributed by atoms with Gasteiger partial charge in [-0.15, -0.1) is 0 Å². The maximum atomic E-state index is 5.63. The molecule has 0 spiro atoms. The summed E-state index contributed by atoms with van der Waals surface area (Å²) in [4.78, 5) is 0. The van der Waals surface area contributed by atoms with Crippen molar-refractivity contribution in [2.75, 3.05) is 5.75 Å². The fourth-order valence-corrected chi connectivity index (χ4v) is 3.11. The van der Waals surface area contributed by atoms with E-state index in [1.54, 1.807) is 0 Å². The second-order valence-corrected chi connectivity index (χ2v) is 6.16. The smallest absolute Gasteiger partial charge is 0.0329 e. The zero-order valence-corrected chi connectivity index (χ0v) is 10.3. The maximum absolute atomic E-state index is 5.63. The summed E-state index contributed by atoms with van der Waals surface area (Å²) in [6.45, 7) is 4.50. The largest absolute Gasteiger partial charge is 0.271 e. The van der Waals surface area contributed by atoms with Gasteiger partial charge in [0.2, 0.25) is 0 Å². The molecule has 0 aromatic carbocycles. The maximum Gasteiger partial charge on any atom is 0.0329 e. The van der Waals surface area contributed by atoms with Gasteiger partial charge in [-0.25, -0.2) is 0 Å². The minimum absolute atomic E-state index is 0.530. The van der Waals surface area contributed by atoms with Crippen LogP contribution in [-0.4, -0.2) is 17.0 Å². The number of nitrogens with one attached hydrogen (secondary N) is 1. The lowest BCUT2D eigenvalue weighted by Crippen LogP contribution is -2.43. The Morgan fingerprint density at radius 1 is 1.29 bits per heavy atom. The lowest BCUT2D eigenvalue weighted by molar-refractivity contribution is 0.287. The van der Waals surface area contributed by atoms with E-state index in [1.165, 1.54) is 37.9 Å². The summed E-state index contributed by atoms with van der Waals surface area (Å²) >= 11 is 2.02. The third-order valence-electron chi connectivity index (χ3n) is 3.04. The lowest BCUT2D eigenvalue weighted by Gasteiger charge is -2.29. The first-order valence-corrected chi connectivity index (χ1v) is 6.86. The van der Waals surface area contributed by atoms with Gasteiger partial charge in [-0.2, -0.15) is 11.8 Å². The first-order chi connectivity index (χ1) is 6.74. The molecule has 1 saturated carbocycles. The molecule has 2 nitrogen and oxygen atoms in total. The van der Waals surface area contributed by atoms with Gasteiger partial charge in [0.1, 0.15) is 0 Å². The van der Waals surface area contributed by atoms with Crippen LogP contribution in [0.25, 0.3) is 0 Å². The van der Waals surface area contributed by atoms with Gasteiger partial charge < -0.3 is 0 Å². The number of hydrogen-bond acceptors (Lipinski definition) is 3. The Morgan fingerprint density at radius 3 is 2.43 bits per heavy atom. The Kier molecular flexibility index (Phi) is 5.90. The Hall–Kier alpha value is 0.270. The highest BCUT2D eigenvalue weighted by Crippen LogP contribution is 2.28. The molecule has 0 aliphatic heterocycles. The zero-order valence-electron chi connectivity index (χ0n) is 9.46. The van der Waals surface area contributed by atoms with Gasteiger partial charge in [0, 0.05) is 11.8 Å². The molecule has 0 radical (unpaired) electrons.